The third kappa shape index (κ3) is 3.68. The van der Waals surface area contributed by atoms with Gasteiger partial charge in [-0.15, -0.1) is 12.4 Å². The average Bonchev–Trinajstić information content (AvgIpc) is 2.71. The highest BCUT2D eigenvalue weighted by Gasteiger charge is 2.47. The van der Waals surface area contributed by atoms with Crippen LogP contribution in [0, 0.1) is 5.82 Å². The Bertz CT molecular complexity index is 856. The number of rotatable bonds is 4. The Morgan fingerprint density at radius 2 is 1.96 bits per heavy atom. The SMILES string of the molecule is COc1ccc2c(c1)CC[C@@]1(CCCCN1CCc1ccccc1F)C2=O.Cl. The number of ether oxygens (including phenoxy) is 1. The van der Waals surface area contributed by atoms with Gasteiger partial charge < -0.3 is 4.74 Å². The van der Waals surface area contributed by atoms with E-state index >= 15 is 0 Å². The van der Waals surface area contributed by atoms with E-state index in [1.807, 2.05) is 30.3 Å². The van der Waals surface area contributed by atoms with Gasteiger partial charge >= 0.3 is 0 Å². The largest absolute Gasteiger partial charge is 0.497 e. The number of carbonyl (C=O) groups is 1. The minimum atomic E-state index is -0.426. The molecule has 1 aliphatic heterocycles. The molecule has 0 bridgehead atoms. The maximum atomic E-state index is 14.0. The zero-order valence-electron chi connectivity index (χ0n) is 16.2. The van der Waals surface area contributed by atoms with Crippen LogP contribution in [0.5, 0.6) is 5.75 Å². The van der Waals surface area contributed by atoms with E-state index in [2.05, 4.69) is 4.90 Å². The molecule has 1 spiro atoms. The van der Waals surface area contributed by atoms with Gasteiger partial charge in [-0.05, 0) is 80.5 Å². The molecule has 2 aliphatic rings. The molecule has 1 atom stereocenters. The minimum absolute atomic E-state index is 0. The molecule has 0 saturated carbocycles. The van der Waals surface area contributed by atoms with E-state index in [-0.39, 0.29) is 24.0 Å². The summed E-state index contributed by atoms with van der Waals surface area (Å²) in [7, 11) is 1.65. The molecule has 2 aromatic rings. The number of halogens is 2. The Hall–Kier alpha value is -1.91. The molecular weight excluding hydrogens is 377 g/mol. The normalized spacial score (nSPS) is 21.9. The van der Waals surface area contributed by atoms with Crippen molar-refractivity contribution < 1.29 is 13.9 Å². The van der Waals surface area contributed by atoms with E-state index in [0.717, 1.165) is 67.6 Å². The highest BCUT2D eigenvalue weighted by molar-refractivity contribution is 6.05. The molecule has 0 aromatic heterocycles. The number of carbonyl (C=O) groups excluding carboxylic acids is 1. The first-order valence-electron chi connectivity index (χ1n) is 9.84. The summed E-state index contributed by atoms with van der Waals surface area (Å²) in [6.45, 7) is 1.63. The van der Waals surface area contributed by atoms with Crippen LogP contribution < -0.4 is 4.74 Å². The van der Waals surface area contributed by atoms with Crippen LogP contribution in [0.1, 0.15) is 47.2 Å². The summed E-state index contributed by atoms with van der Waals surface area (Å²) < 4.78 is 19.3. The van der Waals surface area contributed by atoms with Gasteiger partial charge in [0.05, 0.1) is 12.6 Å². The number of methoxy groups -OCH3 is 1. The van der Waals surface area contributed by atoms with Crippen LogP contribution in [0.15, 0.2) is 42.5 Å². The maximum absolute atomic E-state index is 14.0. The molecule has 1 aliphatic carbocycles. The van der Waals surface area contributed by atoms with Crippen molar-refractivity contribution in [1.29, 1.82) is 0 Å². The van der Waals surface area contributed by atoms with Crippen molar-refractivity contribution in [3.63, 3.8) is 0 Å². The van der Waals surface area contributed by atoms with Gasteiger partial charge in [-0.1, -0.05) is 18.2 Å². The Kier molecular flexibility index (Phi) is 6.41. The molecular formula is C23H27ClFNO2. The van der Waals surface area contributed by atoms with Crippen LogP contribution >= 0.6 is 12.4 Å². The molecule has 1 fully saturated rings. The predicted octanol–water partition coefficient (Wildman–Crippen LogP) is 4.85. The molecule has 3 nitrogen and oxygen atoms in total. The van der Waals surface area contributed by atoms with Crippen molar-refractivity contribution >= 4 is 18.2 Å². The average molecular weight is 404 g/mol. The molecule has 1 heterocycles. The lowest BCUT2D eigenvalue weighted by molar-refractivity contribution is 0.0297. The Labute approximate surface area is 172 Å². The van der Waals surface area contributed by atoms with Gasteiger partial charge in [-0.25, -0.2) is 4.39 Å². The molecule has 2 aromatic carbocycles. The van der Waals surface area contributed by atoms with Crippen molar-refractivity contribution in [2.75, 3.05) is 20.2 Å². The smallest absolute Gasteiger partial charge is 0.183 e. The molecule has 0 unspecified atom stereocenters. The van der Waals surface area contributed by atoms with Crippen molar-refractivity contribution in [3.05, 3.63) is 65.0 Å². The fraction of sp³-hybridized carbons (Fsp3) is 0.435. The van der Waals surface area contributed by atoms with Gasteiger partial charge in [-0.2, -0.15) is 0 Å². The molecule has 4 rings (SSSR count). The summed E-state index contributed by atoms with van der Waals surface area (Å²) in [6, 6.07) is 12.7. The number of Topliss-reactive ketones (excluding diaryl/α,β-unsaturated/α-hetero) is 1. The van der Waals surface area contributed by atoms with Gasteiger partial charge in [-0.3, -0.25) is 9.69 Å². The van der Waals surface area contributed by atoms with Crippen LogP contribution in [-0.2, 0) is 12.8 Å². The van der Waals surface area contributed by atoms with Gasteiger partial charge in [0.1, 0.15) is 11.6 Å². The third-order valence-corrected chi connectivity index (χ3v) is 6.27. The quantitative estimate of drug-likeness (QED) is 0.730. The topological polar surface area (TPSA) is 29.5 Å². The monoisotopic (exact) mass is 403 g/mol. The summed E-state index contributed by atoms with van der Waals surface area (Å²) in [4.78, 5) is 15.9. The standard InChI is InChI=1S/C23H26FNO2.ClH/c1-27-19-8-9-20-18(16-19)10-13-23(22(20)26)12-4-5-14-25(23)15-11-17-6-2-3-7-21(17)24;/h2-3,6-9,16H,4-5,10-15H2,1H3;1H/t23-;/m0./s1. The van der Waals surface area contributed by atoms with Crippen molar-refractivity contribution in [1.82, 2.24) is 4.90 Å². The Morgan fingerprint density at radius 1 is 1.14 bits per heavy atom. The number of fused-ring (bicyclic) bond motifs is 1. The van der Waals surface area contributed by atoms with Crippen LogP contribution in [-0.4, -0.2) is 36.4 Å². The number of hydrogen-bond donors (Lipinski definition) is 0. The molecule has 1 saturated heterocycles. The fourth-order valence-corrected chi connectivity index (χ4v) is 4.75. The second-order valence-corrected chi connectivity index (χ2v) is 7.67. The summed E-state index contributed by atoms with van der Waals surface area (Å²) in [5.41, 5.74) is 2.22. The predicted molar refractivity (Wildman–Crippen MR) is 111 cm³/mol. The number of benzene rings is 2. The summed E-state index contributed by atoms with van der Waals surface area (Å²) in [5, 5.41) is 0. The maximum Gasteiger partial charge on any atom is 0.183 e. The van der Waals surface area contributed by atoms with E-state index in [9.17, 15) is 9.18 Å². The number of nitrogens with zero attached hydrogens (tertiary/aromatic N) is 1. The number of hydrogen-bond acceptors (Lipinski definition) is 3. The molecule has 5 heteroatoms. The van der Waals surface area contributed by atoms with Gasteiger partial charge in [0.2, 0.25) is 0 Å². The minimum Gasteiger partial charge on any atom is -0.497 e. The highest BCUT2D eigenvalue weighted by Crippen LogP contribution is 2.40. The highest BCUT2D eigenvalue weighted by atomic mass is 35.5. The zero-order valence-corrected chi connectivity index (χ0v) is 17.1. The van der Waals surface area contributed by atoms with Crippen LogP contribution in [0.2, 0.25) is 0 Å². The Morgan fingerprint density at radius 3 is 2.75 bits per heavy atom. The number of likely N-dealkylation sites (tertiary alicyclic amines) is 1. The van der Waals surface area contributed by atoms with E-state index in [4.69, 9.17) is 4.74 Å². The van der Waals surface area contributed by atoms with Gasteiger partial charge in [0, 0.05) is 12.1 Å². The van der Waals surface area contributed by atoms with E-state index in [1.165, 1.54) is 6.07 Å². The summed E-state index contributed by atoms with van der Waals surface area (Å²) in [5.74, 6) is 0.883. The van der Waals surface area contributed by atoms with Crippen molar-refractivity contribution in [2.45, 2.75) is 44.1 Å². The summed E-state index contributed by atoms with van der Waals surface area (Å²) in [6.07, 6.45) is 5.43. The second-order valence-electron chi connectivity index (χ2n) is 7.67. The zero-order chi connectivity index (χ0) is 18.9. The van der Waals surface area contributed by atoms with Crippen molar-refractivity contribution in [2.24, 2.45) is 0 Å². The molecule has 0 amide bonds. The second kappa shape index (κ2) is 8.62. The third-order valence-electron chi connectivity index (χ3n) is 6.27. The fourth-order valence-electron chi connectivity index (χ4n) is 4.75. The number of ketones is 1. The van der Waals surface area contributed by atoms with Crippen molar-refractivity contribution in [3.8, 4) is 5.75 Å². The van der Waals surface area contributed by atoms with Gasteiger partial charge in [0.15, 0.2) is 5.78 Å². The lowest BCUT2D eigenvalue weighted by atomic mass is 9.71. The van der Waals surface area contributed by atoms with Gasteiger partial charge in [0.25, 0.3) is 0 Å². The van der Waals surface area contributed by atoms with Crippen LogP contribution in [0.25, 0.3) is 0 Å². The first-order valence-corrected chi connectivity index (χ1v) is 9.84. The molecule has 150 valence electrons. The number of piperidine rings is 1. The number of aryl methyl sites for hydroxylation is 1. The first-order chi connectivity index (χ1) is 13.1. The molecule has 0 radical (unpaired) electrons. The van der Waals surface area contributed by atoms with E-state index in [1.54, 1.807) is 13.2 Å². The molecule has 28 heavy (non-hydrogen) atoms. The van der Waals surface area contributed by atoms with Crippen LogP contribution in [0.3, 0.4) is 0 Å². The van der Waals surface area contributed by atoms with E-state index in [0.29, 0.717) is 6.42 Å². The van der Waals surface area contributed by atoms with Crippen LogP contribution in [0.4, 0.5) is 4.39 Å². The lowest BCUT2D eigenvalue weighted by Crippen LogP contribution is -2.59. The molecule has 0 N–H and O–H groups in total. The lowest BCUT2D eigenvalue weighted by Gasteiger charge is -2.48. The first kappa shape index (κ1) is 20.8. The Balaban J connectivity index is 0.00000225. The van der Waals surface area contributed by atoms with E-state index < -0.39 is 5.54 Å². The summed E-state index contributed by atoms with van der Waals surface area (Å²) >= 11 is 0.